The minimum Gasteiger partial charge on any atom is -0.330 e. The van der Waals surface area contributed by atoms with Crippen molar-refractivity contribution in [2.24, 2.45) is 5.73 Å². The van der Waals surface area contributed by atoms with E-state index in [0.717, 1.165) is 0 Å². The fourth-order valence-corrected chi connectivity index (χ4v) is 0.894. The molecular weight excluding hydrogens is 143 g/mol. The van der Waals surface area contributed by atoms with Crippen molar-refractivity contribution in [3.05, 3.63) is 29.3 Å². The van der Waals surface area contributed by atoms with Crippen molar-refractivity contribution >= 4 is 0 Å². The monoisotopic (exact) mass is 154 g/mol. The lowest BCUT2D eigenvalue weighted by Gasteiger charge is -2.00. The molecule has 0 spiro atoms. The van der Waals surface area contributed by atoms with Crippen molar-refractivity contribution in [3.8, 4) is 0 Å². The molecule has 0 aliphatic carbocycles. The Bertz CT molecular complexity index is 248. The molecule has 0 saturated carbocycles. The zero-order chi connectivity index (χ0) is 8.27. The largest absolute Gasteiger partial charge is 0.330 e. The Morgan fingerprint density at radius 1 is 1.64 bits per heavy atom. The SMILES string of the molecule is Cc1cc(F)c(CCN)cn1. The molecule has 11 heavy (non-hydrogen) atoms. The third-order valence-corrected chi connectivity index (χ3v) is 1.48. The zero-order valence-corrected chi connectivity index (χ0v) is 6.47. The van der Waals surface area contributed by atoms with Gasteiger partial charge in [0.05, 0.1) is 0 Å². The molecule has 1 heterocycles. The van der Waals surface area contributed by atoms with Crippen LogP contribution in [0, 0.1) is 12.7 Å². The smallest absolute Gasteiger partial charge is 0.129 e. The highest BCUT2D eigenvalue weighted by Crippen LogP contribution is 2.06. The summed E-state index contributed by atoms with van der Waals surface area (Å²) in [5.74, 6) is -0.206. The maximum atomic E-state index is 12.9. The maximum absolute atomic E-state index is 12.9. The van der Waals surface area contributed by atoms with E-state index < -0.39 is 0 Å². The summed E-state index contributed by atoms with van der Waals surface area (Å²) < 4.78 is 12.9. The van der Waals surface area contributed by atoms with Crippen LogP contribution in [0.15, 0.2) is 12.3 Å². The van der Waals surface area contributed by atoms with Gasteiger partial charge in [0.15, 0.2) is 0 Å². The Hall–Kier alpha value is -0.960. The molecule has 0 aromatic carbocycles. The van der Waals surface area contributed by atoms with Crippen LogP contribution in [0.2, 0.25) is 0 Å². The number of pyridine rings is 1. The van der Waals surface area contributed by atoms with Crippen LogP contribution in [-0.4, -0.2) is 11.5 Å². The van der Waals surface area contributed by atoms with Crippen LogP contribution in [0.25, 0.3) is 0 Å². The third kappa shape index (κ3) is 1.98. The molecule has 0 atom stereocenters. The molecule has 1 aromatic heterocycles. The van der Waals surface area contributed by atoms with Crippen LogP contribution in [0.4, 0.5) is 4.39 Å². The lowest BCUT2D eigenvalue weighted by Crippen LogP contribution is -2.05. The number of aromatic nitrogens is 1. The van der Waals surface area contributed by atoms with Gasteiger partial charge < -0.3 is 5.73 Å². The Morgan fingerprint density at radius 3 is 2.91 bits per heavy atom. The van der Waals surface area contributed by atoms with Crippen LogP contribution in [-0.2, 0) is 6.42 Å². The summed E-state index contributed by atoms with van der Waals surface area (Å²) in [5.41, 5.74) is 6.57. The van der Waals surface area contributed by atoms with Gasteiger partial charge in [-0.1, -0.05) is 0 Å². The molecule has 0 fully saturated rings. The standard InChI is InChI=1S/C8H11FN2/c1-6-4-8(9)7(2-3-10)5-11-6/h4-5H,2-3,10H2,1H3. The van der Waals surface area contributed by atoms with E-state index in [1.807, 2.05) is 0 Å². The molecule has 1 aromatic rings. The van der Waals surface area contributed by atoms with Gasteiger partial charge in [-0.05, 0) is 26.0 Å². The number of hydrogen-bond donors (Lipinski definition) is 1. The molecule has 0 aliphatic rings. The number of halogens is 1. The van der Waals surface area contributed by atoms with E-state index in [4.69, 9.17) is 5.73 Å². The second-order valence-corrected chi connectivity index (χ2v) is 2.46. The summed E-state index contributed by atoms with van der Waals surface area (Å²) in [5, 5.41) is 0. The third-order valence-electron chi connectivity index (χ3n) is 1.48. The molecule has 2 N–H and O–H groups in total. The van der Waals surface area contributed by atoms with Gasteiger partial charge in [0, 0.05) is 17.5 Å². The van der Waals surface area contributed by atoms with Crippen LogP contribution in [0.5, 0.6) is 0 Å². The molecular formula is C8H11FN2. The second-order valence-electron chi connectivity index (χ2n) is 2.46. The van der Waals surface area contributed by atoms with E-state index in [0.29, 0.717) is 24.2 Å². The van der Waals surface area contributed by atoms with Gasteiger partial charge in [0.2, 0.25) is 0 Å². The number of rotatable bonds is 2. The van der Waals surface area contributed by atoms with Crippen LogP contribution in [0.3, 0.4) is 0 Å². The lowest BCUT2D eigenvalue weighted by molar-refractivity contribution is 0.604. The summed E-state index contributed by atoms with van der Waals surface area (Å²) in [4.78, 5) is 3.96. The van der Waals surface area contributed by atoms with Crippen molar-refractivity contribution in [2.45, 2.75) is 13.3 Å². The summed E-state index contributed by atoms with van der Waals surface area (Å²) in [6, 6.07) is 1.42. The van der Waals surface area contributed by atoms with Crippen molar-refractivity contribution in [3.63, 3.8) is 0 Å². The molecule has 60 valence electrons. The van der Waals surface area contributed by atoms with Crippen LogP contribution in [0.1, 0.15) is 11.3 Å². The fraction of sp³-hybridized carbons (Fsp3) is 0.375. The Balaban J connectivity index is 2.90. The molecule has 0 saturated heterocycles. The van der Waals surface area contributed by atoms with Gasteiger partial charge in [-0.2, -0.15) is 0 Å². The van der Waals surface area contributed by atoms with E-state index in [1.54, 1.807) is 6.92 Å². The highest BCUT2D eigenvalue weighted by Gasteiger charge is 2.00. The van der Waals surface area contributed by atoms with Gasteiger partial charge in [0.1, 0.15) is 5.82 Å². The Labute approximate surface area is 65.3 Å². The molecule has 0 amide bonds. The van der Waals surface area contributed by atoms with Crippen LogP contribution >= 0.6 is 0 Å². The fourth-order valence-electron chi connectivity index (χ4n) is 0.894. The lowest BCUT2D eigenvalue weighted by atomic mass is 10.2. The highest BCUT2D eigenvalue weighted by molar-refractivity contribution is 5.16. The topological polar surface area (TPSA) is 38.9 Å². The average Bonchev–Trinajstić information content (AvgIpc) is 1.95. The summed E-state index contributed by atoms with van der Waals surface area (Å²) in [7, 11) is 0. The van der Waals surface area contributed by atoms with E-state index in [-0.39, 0.29) is 5.82 Å². The Morgan fingerprint density at radius 2 is 2.36 bits per heavy atom. The summed E-state index contributed by atoms with van der Waals surface area (Å²) in [6.07, 6.45) is 2.09. The van der Waals surface area contributed by atoms with E-state index in [2.05, 4.69) is 4.98 Å². The average molecular weight is 154 g/mol. The predicted octanol–water partition coefficient (Wildman–Crippen LogP) is 1.03. The first-order valence-corrected chi connectivity index (χ1v) is 3.55. The first-order valence-electron chi connectivity index (χ1n) is 3.55. The highest BCUT2D eigenvalue weighted by atomic mass is 19.1. The van der Waals surface area contributed by atoms with Crippen molar-refractivity contribution in [1.29, 1.82) is 0 Å². The molecule has 0 aliphatic heterocycles. The molecule has 0 unspecified atom stereocenters. The van der Waals surface area contributed by atoms with E-state index >= 15 is 0 Å². The van der Waals surface area contributed by atoms with Crippen molar-refractivity contribution < 1.29 is 4.39 Å². The molecule has 1 rings (SSSR count). The van der Waals surface area contributed by atoms with Crippen LogP contribution < -0.4 is 5.73 Å². The zero-order valence-electron chi connectivity index (χ0n) is 6.47. The minimum absolute atomic E-state index is 0.206. The number of nitrogens with two attached hydrogens (primary N) is 1. The summed E-state index contributed by atoms with van der Waals surface area (Å²) in [6.45, 7) is 2.22. The predicted molar refractivity (Wildman–Crippen MR) is 41.7 cm³/mol. The van der Waals surface area contributed by atoms with Gasteiger partial charge in [0.25, 0.3) is 0 Å². The van der Waals surface area contributed by atoms with Crippen molar-refractivity contribution in [1.82, 2.24) is 4.98 Å². The van der Waals surface area contributed by atoms with Gasteiger partial charge >= 0.3 is 0 Å². The van der Waals surface area contributed by atoms with E-state index in [9.17, 15) is 4.39 Å². The van der Waals surface area contributed by atoms with E-state index in [1.165, 1.54) is 12.3 Å². The molecule has 3 heteroatoms. The normalized spacial score (nSPS) is 10.1. The Kier molecular flexibility index (Phi) is 2.54. The van der Waals surface area contributed by atoms with Gasteiger partial charge in [-0.3, -0.25) is 4.98 Å². The first kappa shape index (κ1) is 8.14. The molecule has 2 nitrogen and oxygen atoms in total. The minimum atomic E-state index is -0.206. The number of hydrogen-bond acceptors (Lipinski definition) is 2. The number of aryl methyl sites for hydroxylation is 1. The van der Waals surface area contributed by atoms with Gasteiger partial charge in [-0.15, -0.1) is 0 Å². The first-order chi connectivity index (χ1) is 5.24. The molecule has 0 radical (unpaired) electrons. The van der Waals surface area contributed by atoms with Crippen molar-refractivity contribution in [2.75, 3.05) is 6.54 Å². The summed E-state index contributed by atoms with van der Waals surface area (Å²) >= 11 is 0. The second kappa shape index (κ2) is 3.44. The quantitative estimate of drug-likeness (QED) is 0.691. The maximum Gasteiger partial charge on any atom is 0.129 e. The molecule has 0 bridgehead atoms. The number of nitrogens with zero attached hydrogens (tertiary/aromatic N) is 1. The van der Waals surface area contributed by atoms with Gasteiger partial charge in [-0.25, -0.2) is 4.39 Å².